The second-order valence-corrected chi connectivity index (χ2v) is 10.7. The van der Waals surface area contributed by atoms with E-state index in [4.69, 9.17) is 4.74 Å². The van der Waals surface area contributed by atoms with Gasteiger partial charge in [-0.1, -0.05) is 125 Å². The van der Waals surface area contributed by atoms with Gasteiger partial charge in [0.1, 0.15) is 11.5 Å². The normalized spacial score (nSPS) is 13.8. The van der Waals surface area contributed by atoms with Crippen LogP contribution < -0.4 is 4.74 Å². The number of carbonyl (C=O) groups excluding carboxylic acids is 1. The molecule has 1 atom stereocenters. The minimum absolute atomic E-state index is 0.0833. The van der Waals surface area contributed by atoms with Gasteiger partial charge in [-0.15, -0.1) is 0 Å². The molecule has 0 saturated heterocycles. The van der Waals surface area contributed by atoms with Crippen LogP contribution in [0.1, 0.15) is 138 Å². The minimum atomic E-state index is 0.0833. The molecular weight excluding hydrogens is 452 g/mol. The van der Waals surface area contributed by atoms with Crippen LogP contribution >= 0.6 is 0 Å². The molecule has 0 amide bonds. The predicted molar refractivity (Wildman–Crippen MR) is 166 cm³/mol. The molecule has 0 N–H and O–H groups in total. The van der Waals surface area contributed by atoms with Gasteiger partial charge in [-0.2, -0.15) is 0 Å². The molecule has 0 heterocycles. The molecule has 0 bridgehead atoms. The Hall–Kier alpha value is -2.09. The first-order chi connectivity index (χ1) is 17.5. The third-order valence-corrected chi connectivity index (χ3v) is 6.96. The van der Waals surface area contributed by atoms with Crippen molar-refractivity contribution in [3.05, 3.63) is 65.2 Å². The number of rotatable bonds is 6. The number of Topliss-reactive ketones (excluding diaryl/α,β-unsaturated/α-hetero) is 1. The van der Waals surface area contributed by atoms with Crippen molar-refractivity contribution in [1.29, 1.82) is 0 Å². The SMILES string of the molecule is CC.CC.CC(=O)C1(C)CCC1.CCC(C)c1ccc(C(C)(C)C)cc1.CCCc1ccc(OC)cc1. The van der Waals surface area contributed by atoms with E-state index >= 15 is 0 Å². The fourth-order valence-electron chi connectivity index (χ4n) is 3.69. The first kappa shape index (κ1) is 37.1. The maximum atomic E-state index is 10.7. The van der Waals surface area contributed by atoms with Gasteiger partial charge in [-0.3, -0.25) is 4.79 Å². The lowest BCUT2D eigenvalue weighted by atomic mass is 9.68. The van der Waals surface area contributed by atoms with Crippen molar-refractivity contribution >= 4 is 5.78 Å². The van der Waals surface area contributed by atoms with Gasteiger partial charge >= 0.3 is 0 Å². The molecule has 0 spiro atoms. The standard InChI is InChI=1S/C14H22.C10H14O.C7H12O.2C2H6/c1-6-11(2)12-7-9-13(10-8-12)14(3,4)5;1-3-4-9-5-7-10(11-2)8-6-9;1-6(8)7(2)4-3-5-7;2*1-2/h7-11H,6H2,1-5H3;5-8H,3-4H2,1-2H3;3-5H2,1-2H3;2*1-2H3. The van der Waals surface area contributed by atoms with Gasteiger partial charge in [0.2, 0.25) is 0 Å². The molecule has 1 unspecified atom stereocenters. The Morgan fingerprint density at radius 3 is 1.68 bits per heavy atom. The first-order valence-electron chi connectivity index (χ1n) is 14.7. The Kier molecular flexibility index (Phi) is 20.0. The van der Waals surface area contributed by atoms with Gasteiger partial charge in [0.05, 0.1) is 7.11 Å². The summed E-state index contributed by atoms with van der Waals surface area (Å²) in [7, 11) is 1.69. The summed E-state index contributed by atoms with van der Waals surface area (Å²) in [5.41, 5.74) is 4.62. The fraction of sp³-hybridized carbons (Fsp3) is 0.629. The van der Waals surface area contributed by atoms with Crippen LogP contribution in [0.15, 0.2) is 48.5 Å². The maximum Gasteiger partial charge on any atom is 0.135 e. The number of hydrogen-bond donors (Lipinski definition) is 0. The molecule has 2 heteroatoms. The molecule has 0 aromatic heterocycles. The number of hydrogen-bond acceptors (Lipinski definition) is 2. The molecule has 212 valence electrons. The third-order valence-electron chi connectivity index (χ3n) is 6.96. The smallest absolute Gasteiger partial charge is 0.135 e. The van der Waals surface area contributed by atoms with Gasteiger partial charge < -0.3 is 4.74 Å². The monoisotopic (exact) mass is 512 g/mol. The molecule has 2 aromatic carbocycles. The number of aryl methyl sites for hydroxylation is 1. The van der Waals surface area contributed by atoms with Crippen LogP contribution in [-0.4, -0.2) is 12.9 Å². The Balaban J connectivity index is 0. The number of carbonyl (C=O) groups is 1. The summed E-state index contributed by atoms with van der Waals surface area (Å²) < 4.78 is 5.05. The predicted octanol–water partition coefficient (Wildman–Crippen LogP) is 11.0. The van der Waals surface area contributed by atoms with Crippen molar-refractivity contribution in [3.63, 3.8) is 0 Å². The van der Waals surface area contributed by atoms with Crippen LogP contribution in [0.4, 0.5) is 0 Å². The summed E-state index contributed by atoms with van der Waals surface area (Å²) in [6, 6.07) is 17.3. The Labute approximate surface area is 231 Å². The van der Waals surface area contributed by atoms with Crippen molar-refractivity contribution in [2.75, 3.05) is 7.11 Å². The summed E-state index contributed by atoms with van der Waals surface area (Å²) in [5, 5.41) is 0. The molecule has 1 aliphatic carbocycles. The van der Waals surface area contributed by atoms with Gasteiger partial charge in [-0.25, -0.2) is 0 Å². The highest BCUT2D eigenvalue weighted by Crippen LogP contribution is 2.40. The van der Waals surface area contributed by atoms with Crippen LogP contribution in [0.2, 0.25) is 0 Å². The van der Waals surface area contributed by atoms with E-state index in [-0.39, 0.29) is 10.8 Å². The zero-order chi connectivity index (χ0) is 29.1. The third kappa shape index (κ3) is 14.4. The Morgan fingerprint density at radius 2 is 1.41 bits per heavy atom. The largest absolute Gasteiger partial charge is 0.497 e. The number of benzene rings is 2. The quantitative estimate of drug-likeness (QED) is 0.384. The van der Waals surface area contributed by atoms with Crippen LogP contribution in [0.25, 0.3) is 0 Å². The highest BCUT2D eigenvalue weighted by atomic mass is 16.5. The lowest BCUT2D eigenvalue weighted by Crippen LogP contribution is -2.32. The molecule has 2 aromatic rings. The Bertz CT molecular complexity index is 806. The van der Waals surface area contributed by atoms with Crippen molar-refractivity contribution in [2.24, 2.45) is 5.41 Å². The molecule has 1 aliphatic rings. The summed E-state index contributed by atoms with van der Waals surface area (Å²) >= 11 is 0. The van der Waals surface area contributed by atoms with Crippen LogP contribution in [0, 0.1) is 5.41 Å². The summed E-state index contributed by atoms with van der Waals surface area (Å²) in [4.78, 5) is 10.7. The van der Waals surface area contributed by atoms with E-state index in [0.717, 1.165) is 25.0 Å². The molecule has 37 heavy (non-hydrogen) atoms. The maximum absolute atomic E-state index is 10.7. The summed E-state index contributed by atoms with van der Waals surface area (Å²) in [5.74, 6) is 1.98. The fourth-order valence-corrected chi connectivity index (χ4v) is 3.69. The lowest BCUT2D eigenvalue weighted by Gasteiger charge is -2.35. The number of methoxy groups -OCH3 is 1. The number of ketones is 1. The minimum Gasteiger partial charge on any atom is -0.497 e. The molecule has 0 radical (unpaired) electrons. The van der Waals surface area contributed by atoms with Gasteiger partial charge in [0, 0.05) is 5.41 Å². The van der Waals surface area contributed by atoms with E-state index in [2.05, 4.69) is 84.9 Å². The Morgan fingerprint density at radius 1 is 0.919 bits per heavy atom. The van der Waals surface area contributed by atoms with Crippen LogP contribution in [0.5, 0.6) is 5.75 Å². The van der Waals surface area contributed by atoms with Gasteiger partial charge in [-0.05, 0) is 72.8 Å². The second-order valence-electron chi connectivity index (χ2n) is 10.7. The van der Waals surface area contributed by atoms with Crippen molar-refractivity contribution in [3.8, 4) is 5.75 Å². The second kappa shape index (κ2) is 19.9. The average molecular weight is 513 g/mol. The highest BCUT2D eigenvalue weighted by Gasteiger charge is 2.35. The number of ether oxygens (including phenoxy) is 1. The van der Waals surface area contributed by atoms with Crippen molar-refractivity contribution in [1.82, 2.24) is 0 Å². The van der Waals surface area contributed by atoms with E-state index in [1.807, 2.05) is 39.8 Å². The molecule has 0 aliphatic heterocycles. The highest BCUT2D eigenvalue weighted by molar-refractivity contribution is 5.82. The van der Waals surface area contributed by atoms with E-state index in [9.17, 15) is 4.79 Å². The van der Waals surface area contributed by atoms with Crippen molar-refractivity contribution < 1.29 is 9.53 Å². The van der Waals surface area contributed by atoms with Crippen LogP contribution in [0.3, 0.4) is 0 Å². The summed E-state index contributed by atoms with van der Waals surface area (Å²) in [6.07, 6.45) is 7.05. The van der Waals surface area contributed by atoms with Crippen LogP contribution in [-0.2, 0) is 16.6 Å². The summed E-state index contributed by atoms with van der Waals surface area (Å²) in [6.45, 7) is 25.2. The zero-order valence-corrected chi connectivity index (χ0v) is 26.8. The molecule has 2 nitrogen and oxygen atoms in total. The lowest BCUT2D eigenvalue weighted by molar-refractivity contribution is -0.129. The van der Waals surface area contributed by atoms with E-state index in [0.29, 0.717) is 11.7 Å². The van der Waals surface area contributed by atoms with E-state index < -0.39 is 0 Å². The van der Waals surface area contributed by atoms with E-state index in [1.54, 1.807) is 14.0 Å². The molecule has 1 fully saturated rings. The van der Waals surface area contributed by atoms with E-state index in [1.165, 1.54) is 36.0 Å². The van der Waals surface area contributed by atoms with Gasteiger partial charge in [0.15, 0.2) is 0 Å². The van der Waals surface area contributed by atoms with Gasteiger partial charge in [0.25, 0.3) is 0 Å². The molecule has 1 saturated carbocycles. The molecular formula is C35H60O2. The van der Waals surface area contributed by atoms with Crippen molar-refractivity contribution in [2.45, 2.75) is 133 Å². The topological polar surface area (TPSA) is 26.3 Å². The molecule has 3 rings (SSSR count). The zero-order valence-electron chi connectivity index (χ0n) is 26.8. The first-order valence-corrected chi connectivity index (χ1v) is 14.7. The average Bonchev–Trinajstić information content (AvgIpc) is 2.90.